The Balaban J connectivity index is 1.57. The van der Waals surface area contributed by atoms with E-state index in [0.29, 0.717) is 17.1 Å². The highest BCUT2D eigenvalue weighted by Crippen LogP contribution is 2.36. The zero-order chi connectivity index (χ0) is 18.7. The zero-order valence-electron chi connectivity index (χ0n) is 14.4. The average molecular weight is 381 g/mol. The number of urea groups is 1. The maximum Gasteiger partial charge on any atom is 0.319 e. The SMILES string of the molecule is C[C@@H](NC(=O)Nc1cc2c(cc1Cl)NC(=O)CO2)C(=O)NC1CCCC1. The molecule has 1 heterocycles. The molecule has 1 aromatic rings. The number of benzene rings is 1. The number of hydrogen-bond acceptors (Lipinski definition) is 4. The molecule has 2 aliphatic rings. The number of halogens is 1. The summed E-state index contributed by atoms with van der Waals surface area (Å²) in [5, 5.41) is 11.0. The topological polar surface area (TPSA) is 109 Å². The summed E-state index contributed by atoms with van der Waals surface area (Å²) in [5.74, 6) is -0.0694. The lowest BCUT2D eigenvalue weighted by atomic mass is 10.2. The Morgan fingerprint density at radius 2 is 2.04 bits per heavy atom. The number of hydrogen-bond donors (Lipinski definition) is 4. The maximum absolute atomic E-state index is 12.2. The average Bonchev–Trinajstić information content (AvgIpc) is 3.08. The smallest absolute Gasteiger partial charge is 0.319 e. The van der Waals surface area contributed by atoms with Gasteiger partial charge in [-0.3, -0.25) is 9.59 Å². The van der Waals surface area contributed by atoms with Gasteiger partial charge in [0.25, 0.3) is 5.91 Å². The summed E-state index contributed by atoms with van der Waals surface area (Å²) >= 11 is 6.14. The van der Waals surface area contributed by atoms with Crippen LogP contribution in [0.4, 0.5) is 16.2 Å². The second kappa shape index (κ2) is 7.82. The van der Waals surface area contributed by atoms with Crippen molar-refractivity contribution >= 4 is 40.8 Å². The Morgan fingerprint density at radius 1 is 1.31 bits per heavy atom. The van der Waals surface area contributed by atoms with Gasteiger partial charge in [0, 0.05) is 12.1 Å². The highest BCUT2D eigenvalue weighted by Gasteiger charge is 2.23. The number of carbonyl (C=O) groups excluding carboxylic acids is 3. The molecule has 26 heavy (non-hydrogen) atoms. The summed E-state index contributed by atoms with van der Waals surface area (Å²) < 4.78 is 5.30. The Hall–Kier alpha value is -2.48. The number of anilines is 2. The standard InChI is InChI=1S/C17H21ClN4O4/c1-9(16(24)20-10-4-2-3-5-10)19-17(25)22-12-7-14-13(6-11(12)18)21-15(23)8-26-14/h6-7,9-10H,2-5,8H2,1H3,(H,20,24)(H,21,23)(H2,19,22,25)/t9-/m1/s1. The third-order valence-electron chi connectivity index (χ3n) is 4.39. The van der Waals surface area contributed by atoms with Gasteiger partial charge in [0.1, 0.15) is 11.8 Å². The van der Waals surface area contributed by atoms with E-state index < -0.39 is 12.1 Å². The molecule has 4 amide bonds. The van der Waals surface area contributed by atoms with Crippen molar-refractivity contribution < 1.29 is 19.1 Å². The van der Waals surface area contributed by atoms with Crippen LogP contribution in [0.15, 0.2) is 12.1 Å². The second-order valence-electron chi connectivity index (χ2n) is 6.48. The molecule has 3 rings (SSSR count). The summed E-state index contributed by atoms with van der Waals surface area (Å²) in [5.41, 5.74) is 0.768. The highest BCUT2D eigenvalue weighted by molar-refractivity contribution is 6.34. The number of rotatable bonds is 4. The number of carbonyl (C=O) groups is 3. The Kier molecular flexibility index (Phi) is 5.51. The Bertz CT molecular complexity index is 734. The van der Waals surface area contributed by atoms with Gasteiger partial charge in [0.05, 0.1) is 16.4 Å². The first-order valence-electron chi connectivity index (χ1n) is 8.56. The molecule has 9 heteroatoms. The minimum absolute atomic E-state index is 0.0986. The molecule has 1 aromatic carbocycles. The van der Waals surface area contributed by atoms with Crippen molar-refractivity contribution in [1.82, 2.24) is 10.6 Å². The number of fused-ring (bicyclic) bond motifs is 1. The van der Waals surface area contributed by atoms with Crippen molar-refractivity contribution in [3.8, 4) is 5.75 Å². The van der Waals surface area contributed by atoms with Gasteiger partial charge in [-0.1, -0.05) is 24.4 Å². The van der Waals surface area contributed by atoms with Crippen molar-refractivity contribution in [3.05, 3.63) is 17.2 Å². The van der Waals surface area contributed by atoms with Crippen molar-refractivity contribution in [1.29, 1.82) is 0 Å². The van der Waals surface area contributed by atoms with E-state index in [2.05, 4.69) is 21.3 Å². The van der Waals surface area contributed by atoms with Gasteiger partial charge in [0.15, 0.2) is 6.61 Å². The van der Waals surface area contributed by atoms with Gasteiger partial charge >= 0.3 is 6.03 Å². The van der Waals surface area contributed by atoms with Crippen LogP contribution < -0.4 is 26.0 Å². The minimum Gasteiger partial charge on any atom is -0.482 e. The monoisotopic (exact) mass is 380 g/mol. The largest absolute Gasteiger partial charge is 0.482 e. The van der Waals surface area contributed by atoms with Gasteiger partial charge in [-0.2, -0.15) is 0 Å². The fourth-order valence-corrected chi connectivity index (χ4v) is 3.22. The van der Waals surface area contributed by atoms with Crippen LogP contribution in [-0.2, 0) is 9.59 Å². The van der Waals surface area contributed by atoms with Crippen molar-refractivity contribution in [2.24, 2.45) is 0 Å². The first-order chi connectivity index (χ1) is 12.4. The van der Waals surface area contributed by atoms with Gasteiger partial charge in [0.2, 0.25) is 5.91 Å². The lowest BCUT2D eigenvalue weighted by Gasteiger charge is -2.21. The van der Waals surface area contributed by atoms with Crippen LogP contribution in [0, 0.1) is 0 Å². The van der Waals surface area contributed by atoms with Gasteiger partial charge < -0.3 is 26.0 Å². The van der Waals surface area contributed by atoms with Crippen LogP contribution in [0.2, 0.25) is 5.02 Å². The predicted octanol–water partition coefficient (Wildman–Crippen LogP) is 2.24. The van der Waals surface area contributed by atoms with Crippen LogP contribution in [0.1, 0.15) is 32.6 Å². The van der Waals surface area contributed by atoms with E-state index in [1.807, 2.05) is 0 Å². The van der Waals surface area contributed by atoms with E-state index >= 15 is 0 Å². The lowest BCUT2D eigenvalue weighted by Crippen LogP contribution is -2.48. The van der Waals surface area contributed by atoms with Crippen LogP contribution in [0.3, 0.4) is 0 Å². The molecule has 140 valence electrons. The van der Waals surface area contributed by atoms with Crippen LogP contribution in [0.5, 0.6) is 5.75 Å². The predicted molar refractivity (Wildman–Crippen MR) is 97.6 cm³/mol. The van der Waals surface area contributed by atoms with Gasteiger partial charge in [-0.05, 0) is 25.8 Å². The van der Waals surface area contributed by atoms with E-state index in [1.165, 1.54) is 12.1 Å². The Labute approximate surface area is 156 Å². The summed E-state index contributed by atoms with van der Waals surface area (Å²) in [6, 6.07) is 1.99. The molecular weight excluding hydrogens is 360 g/mol. The third-order valence-corrected chi connectivity index (χ3v) is 4.71. The van der Waals surface area contributed by atoms with Crippen LogP contribution >= 0.6 is 11.6 Å². The summed E-state index contributed by atoms with van der Waals surface area (Å²) in [6.45, 7) is 1.52. The molecular formula is C17H21ClN4O4. The highest BCUT2D eigenvalue weighted by atomic mass is 35.5. The molecule has 1 saturated carbocycles. The van der Waals surface area contributed by atoms with Gasteiger partial charge in [-0.15, -0.1) is 0 Å². The molecule has 1 atom stereocenters. The van der Waals surface area contributed by atoms with Crippen LogP contribution in [0.25, 0.3) is 0 Å². The number of amides is 4. The first kappa shape index (κ1) is 18.3. The first-order valence-corrected chi connectivity index (χ1v) is 8.94. The maximum atomic E-state index is 12.2. The molecule has 1 aliphatic heterocycles. The zero-order valence-corrected chi connectivity index (χ0v) is 15.1. The molecule has 0 unspecified atom stereocenters. The van der Waals surface area contributed by atoms with Crippen molar-refractivity contribution in [3.63, 3.8) is 0 Å². The van der Waals surface area contributed by atoms with E-state index in [1.54, 1.807) is 6.92 Å². The molecule has 0 radical (unpaired) electrons. The number of nitrogens with one attached hydrogen (secondary N) is 4. The van der Waals surface area contributed by atoms with Crippen molar-refractivity contribution in [2.45, 2.75) is 44.7 Å². The third kappa shape index (κ3) is 4.37. The fourth-order valence-electron chi connectivity index (χ4n) is 3.01. The molecule has 8 nitrogen and oxygen atoms in total. The van der Waals surface area contributed by atoms with Crippen molar-refractivity contribution in [2.75, 3.05) is 17.2 Å². The molecule has 1 aliphatic carbocycles. The molecule has 0 bridgehead atoms. The Morgan fingerprint density at radius 3 is 2.77 bits per heavy atom. The van der Waals surface area contributed by atoms with E-state index in [0.717, 1.165) is 25.7 Å². The molecule has 0 spiro atoms. The van der Waals surface area contributed by atoms with E-state index in [9.17, 15) is 14.4 Å². The minimum atomic E-state index is -0.678. The molecule has 4 N–H and O–H groups in total. The molecule has 0 saturated heterocycles. The summed E-state index contributed by atoms with van der Waals surface area (Å²) in [4.78, 5) is 35.6. The summed E-state index contributed by atoms with van der Waals surface area (Å²) in [6.07, 6.45) is 4.19. The lowest BCUT2D eigenvalue weighted by molar-refractivity contribution is -0.123. The molecule has 1 fully saturated rings. The van der Waals surface area contributed by atoms with Crippen LogP contribution in [-0.4, -0.2) is 36.5 Å². The quantitative estimate of drug-likeness (QED) is 0.642. The normalized spacial score (nSPS) is 17.5. The van der Waals surface area contributed by atoms with Gasteiger partial charge in [-0.25, -0.2) is 4.79 Å². The van der Waals surface area contributed by atoms with E-state index in [4.69, 9.17) is 16.3 Å². The van der Waals surface area contributed by atoms with E-state index in [-0.39, 0.29) is 29.5 Å². The fraction of sp³-hybridized carbons (Fsp3) is 0.471. The number of ether oxygens (including phenoxy) is 1. The second-order valence-corrected chi connectivity index (χ2v) is 6.88. The molecule has 0 aromatic heterocycles. The summed E-state index contributed by atoms with van der Waals surface area (Å²) in [7, 11) is 0.